The summed E-state index contributed by atoms with van der Waals surface area (Å²) < 4.78 is 41.2. The highest BCUT2D eigenvalue weighted by atomic mass is 32.2. The normalized spacial score (nSPS) is 12.1. The van der Waals surface area contributed by atoms with Crippen LogP contribution in [0, 0.1) is 0 Å². The molecule has 0 aliphatic carbocycles. The SMILES string of the molecule is Cn1c(CN)nnc1SCOCC(F)(F)F. The quantitative estimate of drug-likeness (QED) is 0.481. The molecule has 1 heterocycles. The molecule has 1 aromatic rings. The minimum atomic E-state index is -4.30. The van der Waals surface area contributed by atoms with Crippen molar-refractivity contribution in [3.05, 3.63) is 5.82 Å². The minimum Gasteiger partial charge on any atom is -0.361 e. The van der Waals surface area contributed by atoms with Gasteiger partial charge in [-0.2, -0.15) is 13.2 Å². The van der Waals surface area contributed by atoms with Crippen molar-refractivity contribution in [1.82, 2.24) is 14.8 Å². The Morgan fingerprint density at radius 1 is 1.44 bits per heavy atom. The molecule has 0 atom stereocenters. The molecule has 0 aromatic carbocycles. The Morgan fingerprint density at radius 2 is 2.12 bits per heavy atom. The Balaban J connectivity index is 2.35. The molecular formula is C7H11F3N4OS. The maximum absolute atomic E-state index is 11.7. The van der Waals surface area contributed by atoms with Crippen LogP contribution in [0.15, 0.2) is 5.16 Å². The number of halogens is 3. The van der Waals surface area contributed by atoms with Crippen molar-refractivity contribution in [2.75, 3.05) is 12.5 Å². The number of hydrogen-bond donors (Lipinski definition) is 1. The van der Waals surface area contributed by atoms with E-state index in [2.05, 4.69) is 14.9 Å². The maximum Gasteiger partial charge on any atom is 0.411 e. The number of ether oxygens (including phenoxy) is 1. The van der Waals surface area contributed by atoms with Gasteiger partial charge in [0.1, 0.15) is 18.4 Å². The molecule has 0 saturated carbocycles. The van der Waals surface area contributed by atoms with Crippen LogP contribution in [0.3, 0.4) is 0 Å². The van der Waals surface area contributed by atoms with Gasteiger partial charge in [0.15, 0.2) is 5.16 Å². The molecule has 16 heavy (non-hydrogen) atoms. The standard InChI is InChI=1S/C7H11F3N4OS/c1-14-5(2-11)12-13-6(14)16-4-15-3-7(8,9)10/h2-4,11H2,1H3. The molecule has 0 bridgehead atoms. The monoisotopic (exact) mass is 256 g/mol. The van der Waals surface area contributed by atoms with Gasteiger partial charge in [-0.1, -0.05) is 11.8 Å². The molecular weight excluding hydrogens is 245 g/mol. The third kappa shape index (κ3) is 3.99. The zero-order valence-electron chi connectivity index (χ0n) is 8.49. The van der Waals surface area contributed by atoms with Gasteiger partial charge < -0.3 is 15.0 Å². The van der Waals surface area contributed by atoms with Crippen LogP contribution in [0.25, 0.3) is 0 Å². The van der Waals surface area contributed by atoms with E-state index in [1.54, 1.807) is 11.6 Å². The lowest BCUT2D eigenvalue weighted by atomic mass is 10.6. The van der Waals surface area contributed by atoms with E-state index in [0.29, 0.717) is 11.0 Å². The Labute approximate surface area is 94.2 Å². The summed E-state index contributed by atoms with van der Waals surface area (Å²) in [4.78, 5) is 0. The van der Waals surface area contributed by atoms with Crippen molar-refractivity contribution in [1.29, 1.82) is 0 Å². The minimum absolute atomic E-state index is 0.129. The molecule has 1 aromatic heterocycles. The zero-order valence-corrected chi connectivity index (χ0v) is 9.31. The Kier molecular flexibility index (Phi) is 4.56. The third-order valence-electron chi connectivity index (χ3n) is 1.64. The van der Waals surface area contributed by atoms with Crippen molar-refractivity contribution in [2.45, 2.75) is 17.9 Å². The van der Waals surface area contributed by atoms with Gasteiger partial charge in [0.25, 0.3) is 0 Å². The van der Waals surface area contributed by atoms with Crippen LogP contribution in [0.2, 0.25) is 0 Å². The van der Waals surface area contributed by atoms with Gasteiger partial charge in [-0.15, -0.1) is 10.2 Å². The van der Waals surface area contributed by atoms with E-state index < -0.39 is 12.8 Å². The number of aromatic nitrogens is 3. The Hall–Kier alpha value is -0.800. The number of hydrogen-bond acceptors (Lipinski definition) is 5. The first-order valence-corrected chi connectivity index (χ1v) is 5.28. The van der Waals surface area contributed by atoms with Crippen LogP contribution in [0.1, 0.15) is 5.82 Å². The molecule has 1 rings (SSSR count). The van der Waals surface area contributed by atoms with Gasteiger partial charge in [-0.3, -0.25) is 0 Å². The summed E-state index contributed by atoms with van der Waals surface area (Å²) in [5.74, 6) is 0.439. The van der Waals surface area contributed by atoms with E-state index in [-0.39, 0.29) is 12.5 Å². The average Bonchev–Trinajstić information content (AvgIpc) is 2.53. The van der Waals surface area contributed by atoms with E-state index in [9.17, 15) is 13.2 Å². The number of nitrogens with zero attached hydrogens (tertiary/aromatic N) is 3. The fraction of sp³-hybridized carbons (Fsp3) is 0.714. The summed E-state index contributed by atoms with van der Waals surface area (Å²) in [5.41, 5.74) is 5.36. The molecule has 0 spiro atoms. The molecule has 0 unspecified atom stereocenters. The second-order valence-electron chi connectivity index (χ2n) is 2.89. The highest BCUT2D eigenvalue weighted by molar-refractivity contribution is 7.99. The second-order valence-corrected chi connectivity index (χ2v) is 3.78. The lowest BCUT2D eigenvalue weighted by Gasteiger charge is -2.06. The van der Waals surface area contributed by atoms with Crippen molar-refractivity contribution >= 4 is 11.8 Å². The van der Waals surface area contributed by atoms with Crippen molar-refractivity contribution in [3.63, 3.8) is 0 Å². The largest absolute Gasteiger partial charge is 0.411 e. The molecule has 5 nitrogen and oxygen atoms in total. The van der Waals surface area contributed by atoms with Gasteiger partial charge in [0, 0.05) is 7.05 Å². The Morgan fingerprint density at radius 3 is 2.62 bits per heavy atom. The fourth-order valence-electron chi connectivity index (χ4n) is 0.900. The van der Waals surface area contributed by atoms with Crippen LogP contribution >= 0.6 is 11.8 Å². The average molecular weight is 256 g/mol. The zero-order chi connectivity index (χ0) is 12.2. The van der Waals surface area contributed by atoms with Gasteiger partial charge in [0.05, 0.1) is 6.54 Å². The first kappa shape index (κ1) is 13.3. The summed E-state index contributed by atoms with van der Waals surface area (Å²) in [5, 5.41) is 7.98. The van der Waals surface area contributed by atoms with Gasteiger partial charge in [0.2, 0.25) is 0 Å². The van der Waals surface area contributed by atoms with Crippen molar-refractivity contribution in [3.8, 4) is 0 Å². The fourth-order valence-corrected chi connectivity index (χ4v) is 1.57. The van der Waals surface area contributed by atoms with E-state index in [0.717, 1.165) is 11.8 Å². The van der Waals surface area contributed by atoms with Crippen molar-refractivity contribution in [2.24, 2.45) is 12.8 Å². The van der Waals surface area contributed by atoms with Crippen LogP contribution in [-0.4, -0.2) is 33.5 Å². The van der Waals surface area contributed by atoms with Crippen LogP contribution in [0.5, 0.6) is 0 Å². The summed E-state index contributed by atoms with van der Waals surface area (Å²) in [6.07, 6.45) is -4.30. The number of thioether (sulfide) groups is 1. The van der Waals surface area contributed by atoms with E-state index in [1.807, 2.05) is 0 Å². The van der Waals surface area contributed by atoms with Crippen LogP contribution in [0.4, 0.5) is 13.2 Å². The molecule has 2 N–H and O–H groups in total. The topological polar surface area (TPSA) is 66.0 Å². The van der Waals surface area contributed by atoms with E-state index in [1.165, 1.54) is 0 Å². The molecule has 0 fully saturated rings. The first-order valence-electron chi connectivity index (χ1n) is 4.29. The number of alkyl halides is 3. The van der Waals surface area contributed by atoms with Crippen LogP contribution < -0.4 is 5.73 Å². The first-order chi connectivity index (χ1) is 7.44. The highest BCUT2D eigenvalue weighted by Gasteiger charge is 2.27. The molecule has 9 heteroatoms. The van der Waals surface area contributed by atoms with E-state index >= 15 is 0 Å². The van der Waals surface area contributed by atoms with E-state index in [4.69, 9.17) is 5.73 Å². The smallest absolute Gasteiger partial charge is 0.361 e. The third-order valence-corrected chi connectivity index (χ3v) is 2.54. The highest BCUT2D eigenvalue weighted by Crippen LogP contribution is 2.19. The van der Waals surface area contributed by atoms with Crippen LogP contribution in [-0.2, 0) is 18.3 Å². The molecule has 0 saturated heterocycles. The summed E-state index contributed by atoms with van der Waals surface area (Å²) in [6, 6.07) is 0. The Bertz CT molecular complexity index is 341. The van der Waals surface area contributed by atoms with Gasteiger partial charge in [-0.05, 0) is 0 Å². The lowest BCUT2D eigenvalue weighted by Crippen LogP contribution is -2.16. The molecule has 0 radical (unpaired) electrons. The lowest BCUT2D eigenvalue weighted by molar-refractivity contribution is -0.168. The number of rotatable bonds is 5. The predicted molar refractivity (Wildman–Crippen MR) is 51.6 cm³/mol. The van der Waals surface area contributed by atoms with Crippen molar-refractivity contribution < 1.29 is 17.9 Å². The van der Waals surface area contributed by atoms with Gasteiger partial charge >= 0.3 is 6.18 Å². The molecule has 0 aliphatic heterocycles. The molecule has 92 valence electrons. The maximum atomic E-state index is 11.7. The number of nitrogens with two attached hydrogens (primary N) is 1. The van der Waals surface area contributed by atoms with Gasteiger partial charge in [-0.25, -0.2) is 0 Å². The molecule has 0 amide bonds. The summed E-state index contributed by atoms with van der Waals surface area (Å²) >= 11 is 1.04. The molecule has 0 aliphatic rings. The predicted octanol–water partition coefficient (Wildman–Crippen LogP) is 0.902. The second kappa shape index (κ2) is 5.51. The summed E-state index contributed by atoms with van der Waals surface area (Å²) in [7, 11) is 1.69. The summed E-state index contributed by atoms with van der Waals surface area (Å²) in [6.45, 7) is -1.03.